The highest BCUT2D eigenvalue weighted by atomic mass is 16.3. The van der Waals surface area contributed by atoms with E-state index in [2.05, 4.69) is 4.85 Å². The molecule has 0 N–H and O–H groups in total. The number of fused-ring (bicyclic) bond motifs is 3. The molecule has 29 heavy (non-hydrogen) atoms. The molecule has 0 atom stereocenters. The van der Waals surface area contributed by atoms with Crippen molar-refractivity contribution in [1.29, 1.82) is 0 Å². The molecule has 0 amide bonds. The average molecular weight is 391 g/mol. The molecular formula is C26H27N2O+. The van der Waals surface area contributed by atoms with Gasteiger partial charge in [0.1, 0.15) is 18.2 Å². The number of furan rings is 1. The zero-order valence-electron chi connectivity index (χ0n) is 24.2. The number of para-hydroxylation sites is 1. The number of hydrogen-bond acceptors (Lipinski definition) is 1. The standard InChI is InChI=1S/C26H27N2O/c1-15(2)11-19-13-18(5)28(7)22(14-19)24-17(4)12-16(3)23-20-9-8-10-21(27-6)25(20)29-26(23)24/h8-10,12-15H,11H2,1-5,7H3/q+1/i3D3,11D2,13D,14D. The molecule has 0 saturated carbocycles. The summed E-state index contributed by atoms with van der Waals surface area (Å²) in [7, 11) is 1.70. The van der Waals surface area contributed by atoms with Crippen LogP contribution in [0.25, 0.3) is 38.0 Å². The minimum Gasteiger partial charge on any atom is -0.466 e. The number of benzene rings is 2. The minimum absolute atomic E-state index is 0.0199. The summed E-state index contributed by atoms with van der Waals surface area (Å²) in [5.41, 5.74) is 2.57. The van der Waals surface area contributed by atoms with Crippen LogP contribution in [0, 0.1) is 33.2 Å². The topological polar surface area (TPSA) is 21.4 Å². The van der Waals surface area contributed by atoms with Crippen molar-refractivity contribution in [3.05, 3.63) is 70.2 Å². The Morgan fingerprint density at radius 3 is 2.72 bits per heavy atom. The quantitative estimate of drug-likeness (QED) is 0.280. The fourth-order valence-corrected chi connectivity index (χ4v) is 3.73. The molecule has 0 bridgehead atoms. The Morgan fingerprint density at radius 2 is 2.03 bits per heavy atom. The van der Waals surface area contributed by atoms with Crippen LogP contribution in [0.5, 0.6) is 0 Å². The first kappa shape index (κ1) is 12.4. The third-order valence-electron chi connectivity index (χ3n) is 5.12. The highest BCUT2D eigenvalue weighted by molar-refractivity contribution is 6.14. The Labute approximate surface area is 182 Å². The smallest absolute Gasteiger partial charge is 0.229 e. The first-order chi connectivity index (χ1) is 16.6. The molecule has 0 spiro atoms. The molecule has 2 aromatic heterocycles. The van der Waals surface area contributed by atoms with Crippen LogP contribution in [-0.4, -0.2) is 0 Å². The van der Waals surface area contributed by atoms with E-state index in [9.17, 15) is 0 Å². The van der Waals surface area contributed by atoms with Crippen LogP contribution in [0.4, 0.5) is 5.69 Å². The van der Waals surface area contributed by atoms with Gasteiger partial charge in [-0.05, 0) is 42.8 Å². The second-order valence-corrected chi connectivity index (χ2v) is 7.60. The predicted octanol–water partition coefficient (Wildman–Crippen LogP) is 6.75. The van der Waals surface area contributed by atoms with Crippen molar-refractivity contribution in [2.24, 2.45) is 13.0 Å². The number of hydrogen-bond donors (Lipinski definition) is 0. The summed E-state index contributed by atoms with van der Waals surface area (Å²) in [6.45, 7) is 11.9. The van der Waals surface area contributed by atoms with E-state index in [1.54, 1.807) is 63.6 Å². The molecule has 0 aliphatic rings. The SMILES string of the molecule is [2H]c1c(C([2H])([2H])C(C)C)c([2H])c(-c2c(C)cc(C([2H])([2H])[2H])c3c2oc2c([N+]#[C-])cccc23)[n+](C)c1C. The molecule has 3 nitrogen and oxygen atoms in total. The lowest BCUT2D eigenvalue weighted by Crippen LogP contribution is -2.35. The maximum atomic E-state index is 9.09. The fourth-order valence-electron chi connectivity index (χ4n) is 3.73. The van der Waals surface area contributed by atoms with Crippen LogP contribution in [-0.2, 0) is 13.4 Å². The maximum absolute atomic E-state index is 9.09. The molecule has 4 aromatic rings. The monoisotopic (exact) mass is 390 g/mol. The van der Waals surface area contributed by atoms with Gasteiger partial charge in [0.2, 0.25) is 11.4 Å². The maximum Gasteiger partial charge on any atom is 0.229 e. The van der Waals surface area contributed by atoms with Gasteiger partial charge in [0.05, 0.1) is 14.9 Å². The number of pyridine rings is 1. The summed E-state index contributed by atoms with van der Waals surface area (Å²) in [6.07, 6.45) is -1.95. The van der Waals surface area contributed by atoms with Gasteiger partial charge in [-0.3, -0.25) is 0 Å². The van der Waals surface area contributed by atoms with E-state index in [4.69, 9.17) is 20.6 Å². The van der Waals surface area contributed by atoms with E-state index in [1.165, 1.54) is 0 Å². The zero-order valence-corrected chi connectivity index (χ0v) is 17.2. The molecular weight excluding hydrogens is 356 g/mol. The number of aromatic nitrogens is 1. The van der Waals surface area contributed by atoms with Gasteiger partial charge < -0.3 is 4.42 Å². The molecule has 0 fully saturated rings. The van der Waals surface area contributed by atoms with Crippen molar-refractivity contribution in [2.45, 2.75) is 40.9 Å². The van der Waals surface area contributed by atoms with E-state index in [0.717, 1.165) is 0 Å². The number of nitrogens with zero attached hydrogens (tertiary/aromatic N) is 2. The molecule has 0 aliphatic carbocycles. The molecule has 3 heteroatoms. The van der Waals surface area contributed by atoms with Crippen molar-refractivity contribution in [1.82, 2.24) is 0 Å². The Morgan fingerprint density at radius 1 is 1.24 bits per heavy atom. The molecule has 0 aliphatic heterocycles. The third kappa shape index (κ3) is 3.09. The normalized spacial score (nSPS) is 16.0. The largest absolute Gasteiger partial charge is 0.466 e. The van der Waals surface area contributed by atoms with Crippen molar-refractivity contribution in [3.8, 4) is 11.3 Å². The highest BCUT2D eigenvalue weighted by Gasteiger charge is 2.24. The van der Waals surface area contributed by atoms with Crippen molar-refractivity contribution < 1.29 is 18.6 Å². The lowest BCUT2D eigenvalue weighted by molar-refractivity contribution is -0.666. The summed E-state index contributed by atoms with van der Waals surface area (Å²) in [4.78, 5) is 3.54. The van der Waals surface area contributed by atoms with Crippen LogP contribution in [0.1, 0.15) is 45.8 Å². The molecule has 0 unspecified atom stereocenters. The molecule has 2 aromatic carbocycles. The summed E-state index contributed by atoms with van der Waals surface area (Å²) >= 11 is 0. The number of rotatable bonds is 3. The van der Waals surface area contributed by atoms with Crippen molar-refractivity contribution >= 4 is 27.6 Å². The van der Waals surface area contributed by atoms with Gasteiger partial charge in [-0.25, -0.2) is 4.85 Å². The summed E-state index contributed by atoms with van der Waals surface area (Å²) in [5.74, 6) is -0.489. The van der Waals surface area contributed by atoms with Crippen LogP contribution in [0.15, 0.2) is 40.8 Å². The molecule has 0 radical (unpaired) electrons. The second kappa shape index (κ2) is 7.04. The average Bonchev–Trinajstić information content (AvgIpc) is 3.17. The van der Waals surface area contributed by atoms with Crippen LogP contribution < -0.4 is 4.57 Å². The predicted molar refractivity (Wildman–Crippen MR) is 119 cm³/mol. The molecule has 4 rings (SSSR count). The summed E-state index contributed by atoms with van der Waals surface area (Å²) in [6, 6.07) is 6.36. The lowest BCUT2D eigenvalue weighted by atomic mass is 9.94. The molecule has 0 saturated heterocycles. The Balaban J connectivity index is 2.29. The van der Waals surface area contributed by atoms with Gasteiger partial charge >= 0.3 is 0 Å². The number of aryl methyl sites for hydroxylation is 2. The zero-order chi connectivity index (χ0) is 26.9. The Hall–Kier alpha value is -3.12. The third-order valence-corrected chi connectivity index (χ3v) is 5.12. The van der Waals surface area contributed by atoms with Gasteiger partial charge in [0.15, 0.2) is 5.69 Å². The van der Waals surface area contributed by atoms with Crippen molar-refractivity contribution in [3.63, 3.8) is 0 Å². The Bertz CT molecular complexity index is 1590. The molecule has 146 valence electrons. The van der Waals surface area contributed by atoms with E-state index < -0.39 is 19.1 Å². The Kier molecular flexibility index (Phi) is 3.02. The van der Waals surface area contributed by atoms with Gasteiger partial charge in [-0.15, -0.1) is 0 Å². The van der Waals surface area contributed by atoms with E-state index in [1.807, 2.05) is 0 Å². The highest BCUT2D eigenvalue weighted by Crippen LogP contribution is 2.42. The van der Waals surface area contributed by atoms with E-state index in [0.29, 0.717) is 33.3 Å². The van der Waals surface area contributed by atoms with Gasteiger partial charge in [-0.2, -0.15) is 4.57 Å². The first-order valence-corrected chi connectivity index (χ1v) is 9.51. The lowest BCUT2D eigenvalue weighted by Gasteiger charge is -2.12. The van der Waals surface area contributed by atoms with Crippen LogP contribution in [0.2, 0.25) is 0 Å². The van der Waals surface area contributed by atoms with Crippen molar-refractivity contribution in [2.75, 3.05) is 0 Å². The second-order valence-electron chi connectivity index (χ2n) is 7.60. The minimum atomic E-state index is -2.46. The summed E-state index contributed by atoms with van der Waals surface area (Å²) in [5, 5.41) is 0.836. The van der Waals surface area contributed by atoms with Gasteiger partial charge in [-0.1, -0.05) is 38.1 Å². The van der Waals surface area contributed by atoms with Crippen LogP contribution >= 0.6 is 0 Å². The molecule has 2 heterocycles. The van der Waals surface area contributed by atoms with E-state index in [-0.39, 0.29) is 40.1 Å². The van der Waals surface area contributed by atoms with Crippen LogP contribution in [0.3, 0.4) is 0 Å². The first-order valence-electron chi connectivity index (χ1n) is 13.0. The van der Waals surface area contributed by atoms with E-state index >= 15 is 0 Å². The van der Waals surface area contributed by atoms with Gasteiger partial charge in [0.25, 0.3) is 0 Å². The summed E-state index contributed by atoms with van der Waals surface area (Å²) < 4.78 is 67.5. The fraction of sp³-hybridized carbons (Fsp3) is 0.308. The van der Waals surface area contributed by atoms with Gasteiger partial charge in [0, 0.05) is 36.6 Å².